The van der Waals surface area contributed by atoms with E-state index in [0.717, 1.165) is 5.57 Å². The highest BCUT2D eigenvalue weighted by molar-refractivity contribution is 5.77. The van der Waals surface area contributed by atoms with E-state index in [1.54, 1.807) is 0 Å². The van der Waals surface area contributed by atoms with Crippen LogP contribution >= 0.6 is 0 Å². The van der Waals surface area contributed by atoms with Crippen LogP contribution in [0.1, 0.15) is 13.8 Å². The summed E-state index contributed by atoms with van der Waals surface area (Å²) in [5.74, 6) is 0.0800. The monoisotopic (exact) mass is 191 g/mol. The number of carbonyl (C=O) groups is 1. The molecule has 0 unspecified atom stereocenters. The van der Waals surface area contributed by atoms with Gasteiger partial charge < -0.3 is 5.32 Å². The van der Waals surface area contributed by atoms with Crippen molar-refractivity contribution in [2.75, 3.05) is 6.54 Å². The fraction of sp³-hybridized carbons (Fsp3) is 0.250. The van der Waals surface area contributed by atoms with Crippen LogP contribution in [-0.2, 0) is 4.79 Å². The Morgan fingerprint density at radius 3 is 2.50 bits per heavy atom. The predicted octanol–water partition coefficient (Wildman–Crippen LogP) is 2.37. The van der Waals surface area contributed by atoms with E-state index < -0.39 is 0 Å². The Morgan fingerprint density at radius 1 is 1.36 bits per heavy atom. The number of allylic oxidation sites excluding steroid dienone is 4. The molecule has 0 saturated carbocycles. The quantitative estimate of drug-likeness (QED) is 0.653. The highest BCUT2D eigenvalue weighted by Crippen LogP contribution is 2.02. The Morgan fingerprint density at radius 2 is 2.00 bits per heavy atom. The third kappa shape index (κ3) is 6.00. The van der Waals surface area contributed by atoms with Crippen LogP contribution in [0.5, 0.6) is 0 Å². The molecule has 0 spiro atoms. The first-order valence-corrected chi connectivity index (χ1v) is 4.48. The molecule has 0 rings (SSSR count). The molecule has 0 bridgehead atoms. The number of hydrogen-bond donors (Lipinski definition) is 1. The minimum absolute atomic E-state index is 0.0800. The van der Waals surface area contributed by atoms with E-state index >= 15 is 0 Å². The summed E-state index contributed by atoms with van der Waals surface area (Å²) in [7, 11) is 0. The lowest BCUT2D eigenvalue weighted by molar-refractivity contribution is -0.116. The highest BCUT2D eigenvalue weighted by atomic mass is 16.1. The molecule has 0 saturated heterocycles. The average Bonchev–Trinajstić information content (AvgIpc) is 2.14. The zero-order chi connectivity index (χ0) is 11.0. The lowest BCUT2D eigenvalue weighted by Crippen LogP contribution is -2.20. The minimum atomic E-state index is 0.0800. The fourth-order valence-corrected chi connectivity index (χ4v) is 0.728. The van der Waals surface area contributed by atoms with Crippen molar-refractivity contribution in [3.8, 4) is 0 Å². The van der Waals surface area contributed by atoms with Crippen LogP contribution in [0.25, 0.3) is 0 Å². The van der Waals surface area contributed by atoms with Crippen LogP contribution in [0.3, 0.4) is 0 Å². The van der Waals surface area contributed by atoms with E-state index in [0.29, 0.717) is 12.2 Å². The summed E-state index contributed by atoms with van der Waals surface area (Å²) in [6, 6.07) is 0. The fourth-order valence-electron chi connectivity index (χ4n) is 0.728. The molecule has 0 aromatic rings. The molecule has 2 nitrogen and oxygen atoms in total. The van der Waals surface area contributed by atoms with Gasteiger partial charge in [-0.2, -0.15) is 0 Å². The molecule has 0 heterocycles. The molecule has 0 aromatic carbocycles. The first-order valence-electron chi connectivity index (χ1n) is 4.48. The van der Waals surface area contributed by atoms with Crippen LogP contribution in [0.4, 0.5) is 0 Å². The van der Waals surface area contributed by atoms with Crippen LogP contribution in [-0.4, -0.2) is 12.3 Å². The number of ketones is 1. The Labute approximate surface area is 85.7 Å². The van der Waals surface area contributed by atoms with E-state index in [4.69, 9.17) is 0 Å². The van der Waals surface area contributed by atoms with E-state index in [1.807, 2.05) is 31.2 Å². The van der Waals surface area contributed by atoms with Gasteiger partial charge in [-0.05, 0) is 19.4 Å². The van der Waals surface area contributed by atoms with Crippen molar-refractivity contribution < 1.29 is 4.79 Å². The number of nitrogens with one attached hydrogen (secondary N) is 1. The van der Waals surface area contributed by atoms with Gasteiger partial charge in [0, 0.05) is 5.70 Å². The maximum Gasteiger partial charge on any atom is 0.148 e. The molecular formula is C12H17NO. The Balaban J connectivity index is 4.00. The second kappa shape index (κ2) is 6.89. The summed E-state index contributed by atoms with van der Waals surface area (Å²) in [4.78, 5) is 10.7. The van der Waals surface area contributed by atoms with Crippen molar-refractivity contribution in [3.05, 3.63) is 48.7 Å². The third-order valence-electron chi connectivity index (χ3n) is 1.54. The van der Waals surface area contributed by atoms with Gasteiger partial charge in [-0.3, -0.25) is 4.79 Å². The van der Waals surface area contributed by atoms with Crippen molar-refractivity contribution in [1.82, 2.24) is 5.32 Å². The highest BCUT2D eigenvalue weighted by Gasteiger charge is 1.96. The second-order valence-corrected chi connectivity index (χ2v) is 2.94. The molecular weight excluding hydrogens is 174 g/mol. The Kier molecular flexibility index (Phi) is 6.12. The maximum atomic E-state index is 10.7. The van der Waals surface area contributed by atoms with Crippen molar-refractivity contribution >= 4 is 5.78 Å². The predicted molar refractivity (Wildman–Crippen MR) is 60.9 cm³/mol. The number of rotatable bonds is 6. The molecule has 0 aliphatic heterocycles. The molecule has 0 aliphatic rings. The van der Waals surface area contributed by atoms with Crippen molar-refractivity contribution in [3.63, 3.8) is 0 Å². The zero-order valence-corrected chi connectivity index (χ0v) is 8.84. The summed E-state index contributed by atoms with van der Waals surface area (Å²) in [5.41, 5.74) is 1.46. The first kappa shape index (κ1) is 12.4. The van der Waals surface area contributed by atoms with Crippen molar-refractivity contribution in [1.29, 1.82) is 0 Å². The molecule has 0 fully saturated rings. The Hall–Kier alpha value is -1.57. The van der Waals surface area contributed by atoms with Gasteiger partial charge in [0.05, 0.1) is 6.54 Å². The van der Waals surface area contributed by atoms with E-state index in [1.165, 1.54) is 6.92 Å². The molecule has 0 aromatic heterocycles. The van der Waals surface area contributed by atoms with Gasteiger partial charge >= 0.3 is 0 Å². The lowest BCUT2D eigenvalue weighted by atomic mass is 10.2. The van der Waals surface area contributed by atoms with Crippen LogP contribution in [0.2, 0.25) is 0 Å². The topological polar surface area (TPSA) is 29.1 Å². The summed E-state index contributed by atoms with van der Waals surface area (Å²) >= 11 is 0. The molecule has 2 heteroatoms. The second-order valence-electron chi connectivity index (χ2n) is 2.94. The largest absolute Gasteiger partial charge is 0.378 e. The standard InChI is InChI=1S/C12H17NO/c1-5-6-7-8-10(2)12(4)13-9-11(3)14/h5-8,13H,2,4,9H2,1,3H3/b6-5-,8-7-. The van der Waals surface area contributed by atoms with Gasteiger partial charge in [0.15, 0.2) is 0 Å². The normalized spacial score (nSPS) is 10.7. The molecule has 1 N–H and O–H groups in total. The minimum Gasteiger partial charge on any atom is -0.378 e. The van der Waals surface area contributed by atoms with Gasteiger partial charge in [-0.15, -0.1) is 0 Å². The molecule has 0 radical (unpaired) electrons. The Bertz CT molecular complexity index is 285. The number of hydrogen-bond acceptors (Lipinski definition) is 2. The van der Waals surface area contributed by atoms with Crippen molar-refractivity contribution in [2.45, 2.75) is 13.8 Å². The SMILES string of the molecule is C=C(/C=C\C=C/C)C(=C)NCC(C)=O. The average molecular weight is 191 g/mol. The number of carbonyl (C=O) groups excluding carboxylic acids is 1. The third-order valence-corrected chi connectivity index (χ3v) is 1.54. The van der Waals surface area contributed by atoms with E-state index in [-0.39, 0.29) is 5.78 Å². The maximum absolute atomic E-state index is 10.7. The van der Waals surface area contributed by atoms with Crippen LogP contribution < -0.4 is 5.32 Å². The molecule has 14 heavy (non-hydrogen) atoms. The summed E-state index contributed by atoms with van der Waals surface area (Å²) in [5, 5.41) is 2.89. The first-order chi connectivity index (χ1) is 6.57. The number of Topliss-reactive ketones (excluding diaryl/α,β-unsaturated/α-hetero) is 1. The van der Waals surface area contributed by atoms with Gasteiger partial charge in [0.25, 0.3) is 0 Å². The molecule has 0 amide bonds. The smallest absolute Gasteiger partial charge is 0.148 e. The summed E-state index contributed by atoms with van der Waals surface area (Å²) in [6.07, 6.45) is 7.55. The molecule has 0 atom stereocenters. The lowest BCUT2D eigenvalue weighted by Gasteiger charge is -2.06. The van der Waals surface area contributed by atoms with Crippen molar-refractivity contribution in [2.24, 2.45) is 0 Å². The van der Waals surface area contributed by atoms with E-state index in [9.17, 15) is 4.79 Å². The van der Waals surface area contributed by atoms with Gasteiger partial charge in [-0.1, -0.05) is 37.5 Å². The van der Waals surface area contributed by atoms with E-state index in [2.05, 4.69) is 18.5 Å². The zero-order valence-electron chi connectivity index (χ0n) is 8.84. The summed E-state index contributed by atoms with van der Waals surface area (Å²) < 4.78 is 0. The van der Waals surface area contributed by atoms with Crippen LogP contribution in [0, 0.1) is 0 Å². The molecule has 0 aliphatic carbocycles. The van der Waals surface area contributed by atoms with Crippen LogP contribution in [0.15, 0.2) is 48.7 Å². The van der Waals surface area contributed by atoms with Gasteiger partial charge in [0.2, 0.25) is 0 Å². The van der Waals surface area contributed by atoms with Gasteiger partial charge in [-0.25, -0.2) is 0 Å². The summed E-state index contributed by atoms with van der Waals surface area (Å²) in [6.45, 7) is 11.3. The molecule has 76 valence electrons. The van der Waals surface area contributed by atoms with Gasteiger partial charge in [0.1, 0.15) is 5.78 Å².